The van der Waals surface area contributed by atoms with Crippen LogP contribution in [-0.4, -0.2) is 35.2 Å². The van der Waals surface area contributed by atoms with Crippen LogP contribution in [0.25, 0.3) is 0 Å². The third kappa shape index (κ3) is 5.32. The Labute approximate surface area is 122 Å². The third-order valence-electron chi connectivity index (χ3n) is 2.50. The zero-order valence-electron chi connectivity index (χ0n) is 10.9. The molecule has 0 aliphatic rings. The minimum absolute atomic E-state index is 0.0521. The van der Waals surface area contributed by atoms with E-state index in [0.29, 0.717) is 5.02 Å². The molecule has 0 unspecified atom stereocenters. The number of carbonyl (C=O) groups is 2. The molecule has 5 nitrogen and oxygen atoms in total. The van der Waals surface area contributed by atoms with E-state index in [1.54, 1.807) is 24.3 Å². The van der Waals surface area contributed by atoms with Crippen LogP contribution < -0.4 is 0 Å². The van der Waals surface area contributed by atoms with Crippen LogP contribution in [0.1, 0.15) is 12.0 Å². The first-order valence-corrected chi connectivity index (χ1v) is 6.40. The molecule has 0 spiro atoms. The molecule has 0 saturated carbocycles. The van der Waals surface area contributed by atoms with Crippen molar-refractivity contribution < 1.29 is 19.4 Å². The van der Waals surface area contributed by atoms with Gasteiger partial charge in [-0.2, -0.15) is 0 Å². The highest BCUT2D eigenvalue weighted by Crippen LogP contribution is 2.17. The molecule has 0 fully saturated rings. The number of rotatable bonds is 7. The molecule has 6 heteroatoms. The fourth-order valence-electron chi connectivity index (χ4n) is 1.52. The normalized spacial score (nSPS) is 9.85. The molecule has 1 N–H and O–H groups in total. The highest BCUT2D eigenvalue weighted by Gasteiger charge is 2.17. The minimum atomic E-state index is -0.981. The zero-order valence-corrected chi connectivity index (χ0v) is 11.7. The van der Waals surface area contributed by atoms with Gasteiger partial charge in [-0.05, 0) is 11.6 Å². The second-order valence-corrected chi connectivity index (χ2v) is 4.43. The van der Waals surface area contributed by atoms with Crippen LogP contribution in [0.15, 0.2) is 36.9 Å². The van der Waals surface area contributed by atoms with Crippen LogP contribution in [0, 0.1) is 0 Å². The highest BCUT2D eigenvalue weighted by molar-refractivity contribution is 6.31. The molecule has 108 valence electrons. The molecule has 20 heavy (non-hydrogen) atoms. The number of nitrogens with zero attached hydrogens (tertiary/aromatic N) is 1. The van der Waals surface area contributed by atoms with Crippen molar-refractivity contribution in [2.45, 2.75) is 13.0 Å². The van der Waals surface area contributed by atoms with Gasteiger partial charge in [-0.3, -0.25) is 4.79 Å². The predicted molar refractivity (Wildman–Crippen MR) is 75.7 cm³/mol. The lowest BCUT2D eigenvalue weighted by Gasteiger charge is -2.21. The number of benzene rings is 1. The fourth-order valence-corrected chi connectivity index (χ4v) is 1.71. The van der Waals surface area contributed by atoms with Crippen LogP contribution >= 0.6 is 11.6 Å². The van der Waals surface area contributed by atoms with E-state index >= 15 is 0 Å². The van der Waals surface area contributed by atoms with Gasteiger partial charge in [0.2, 0.25) is 0 Å². The molecular formula is C14H16ClNO4. The van der Waals surface area contributed by atoms with E-state index < -0.39 is 12.1 Å². The van der Waals surface area contributed by atoms with Gasteiger partial charge in [0.05, 0.1) is 13.0 Å². The van der Waals surface area contributed by atoms with E-state index in [1.807, 2.05) is 0 Å². The van der Waals surface area contributed by atoms with Crippen molar-refractivity contribution in [1.82, 2.24) is 4.90 Å². The molecule has 1 rings (SSSR count). The van der Waals surface area contributed by atoms with Crippen LogP contribution in [-0.2, 0) is 16.1 Å². The Hall–Kier alpha value is -2.01. The molecule has 0 heterocycles. The Bertz CT molecular complexity index is 490. The molecule has 1 amide bonds. The Balaban J connectivity index is 2.76. The lowest BCUT2D eigenvalue weighted by Crippen LogP contribution is -2.33. The largest absolute Gasteiger partial charge is 0.481 e. The third-order valence-corrected chi connectivity index (χ3v) is 2.87. The van der Waals surface area contributed by atoms with E-state index in [9.17, 15) is 9.59 Å². The first kappa shape index (κ1) is 16.0. The van der Waals surface area contributed by atoms with Crippen LogP contribution in [0.2, 0.25) is 5.02 Å². The molecule has 1 aromatic carbocycles. The number of aliphatic carboxylic acids is 1. The predicted octanol–water partition coefficient (Wildman–Crippen LogP) is 2.94. The number of ether oxygens (including phenoxy) is 1. The van der Waals surface area contributed by atoms with E-state index in [0.717, 1.165) is 5.56 Å². The van der Waals surface area contributed by atoms with Crippen LogP contribution in [0.5, 0.6) is 0 Å². The van der Waals surface area contributed by atoms with E-state index in [1.165, 1.54) is 11.0 Å². The Morgan fingerprint density at radius 1 is 1.40 bits per heavy atom. The van der Waals surface area contributed by atoms with Crippen molar-refractivity contribution in [1.29, 1.82) is 0 Å². The van der Waals surface area contributed by atoms with Crippen LogP contribution in [0.3, 0.4) is 0 Å². The first-order chi connectivity index (χ1) is 9.54. The highest BCUT2D eigenvalue weighted by atomic mass is 35.5. The molecular weight excluding hydrogens is 282 g/mol. The maximum Gasteiger partial charge on any atom is 0.410 e. The number of carbonyl (C=O) groups excluding carboxylic acids is 1. The Kier molecular flexibility index (Phi) is 6.59. The first-order valence-electron chi connectivity index (χ1n) is 6.02. The summed E-state index contributed by atoms with van der Waals surface area (Å²) in [5, 5.41) is 9.24. The van der Waals surface area contributed by atoms with Gasteiger partial charge in [0.1, 0.15) is 6.61 Å². The number of halogens is 1. The van der Waals surface area contributed by atoms with Crippen molar-refractivity contribution in [3.8, 4) is 0 Å². The fraction of sp³-hybridized carbons (Fsp3) is 0.286. The lowest BCUT2D eigenvalue weighted by atomic mass is 10.2. The summed E-state index contributed by atoms with van der Waals surface area (Å²) in [5.74, 6) is -0.981. The monoisotopic (exact) mass is 297 g/mol. The summed E-state index contributed by atoms with van der Waals surface area (Å²) in [7, 11) is 0. The van der Waals surface area contributed by atoms with Gasteiger partial charge in [0.25, 0.3) is 0 Å². The average Bonchev–Trinajstić information content (AvgIpc) is 2.42. The van der Waals surface area contributed by atoms with E-state index in [2.05, 4.69) is 6.58 Å². The summed E-state index contributed by atoms with van der Waals surface area (Å²) in [5.41, 5.74) is 0.732. The van der Waals surface area contributed by atoms with Crippen LogP contribution in [0.4, 0.5) is 4.79 Å². The molecule has 0 radical (unpaired) electrons. The molecule has 1 aromatic rings. The van der Waals surface area contributed by atoms with Gasteiger partial charge in [-0.25, -0.2) is 4.79 Å². The van der Waals surface area contributed by atoms with E-state index in [4.69, 9.17) is 21.4 Å². The zero-order chi connectivity index (χ0) is 15.0. The van der Waals surface area contributed by atoms with Crippen molar-refractivity contribution in [3.05, 3.63) is 47.5 Å². The SMILES string of the molecule is C=CCOC(=O)N(CCC(=O)O)Cc1ccccc1Cl. The maximum absolute atomic E-state index is 11.9. The number of carboxylic acids is 1. The van der Waals surface area contributed by atoms with Gasteiger partial charge in [-0.15, -0.1) is 0 Å². The Morgan fingerprint density at radius 2 is 2.10 bits per heavy atom. The topological polar surface area (TPSA) is 66.8 Å². The molecule has 0 aromatic heterocycles. The van der Waals surface area contributed by atoms with Crippen molar-refractivity contribution >= 4 is 23.7 Å². The molecule has 0 bridgehead atoms. The van der Waals surface area contributed by atoms with Gasteiger partial charge < -0.3 is 14.7 Å². The number of amides is 1. The molecule has 0 aliphatic carbocycles. The Morgan fingerprint density at radius 3 is 2.70 bits per heavy atom. The van der Waals surface area contributed by atoms with Gasteiger partial charge in [0.15, 0.2) is 0 Å². The smallest absolute Gasteiger partial charge is 0.410 e. The van der Waals surface area contributed by atoms with Crippen molar-refractivity contribution in [2.24, 2.45) is 0 Å². The van der Waals surface area contributed by atoms with Gasteiger partial charge in [-0.1, -0.05) is 42.5 Å². The summed E-state index contributed by atoms with van der Waals surface area (Å²) >= 11 is 6.03. The molecule has 0 aliphatic heterocycles. The lowest BCUT2D eigenvalue weighted by molar-refractivity contribution is -0.137. The van der Waals surface area contributed by atoms with Gasteiger partial charge >= 0.3 is 12.1 Å². The number of hydrogen-bond donors (Lipinski definition) is 1. The van der Waals surface area contributed by atoms with E-state index in [-0.39, 0.29) is 26.1 Å². The quantitative estimate of drug-likeness (QED) is 0.786. The standard InChI is InChI=1S/C14H16ClNO4/c1-2-9-20-14(19)16(8-7-13(17)18)10-11-5-3-4-6-12(11)15/h2-6H,1,7-10H2,(H,17,18). The van der Waals surface area contributed by atoms with Gasteiger partial charge in [0, 0.05) is 11.6 Å². The molecule has 0 atom stereocenters. The summed E-state index contributed by atoms with van der Waals surface area (Å²) in [6, 6.07) is 7.06. The molecule has 0 saturated heterocycles. The van der Waals surface area contributed by atoms with Crippen molar-refractivity contribution in [3.63, 3.8) is 0 Å². The minimum Gasteiger partial charge on any atom is -0.481 e. The second-order valence-electron chi connectivity index (χ2n) is 4.02. The summed E-state index contributed by atoms with van der Waals surface area (Å²) in [4.78, 5) is 23.8. The summed E-state index contributed by atoms with van der Waals surface area (Å²) in [6.45, 7) is 3.78. The number of hydrogen-bond acceptors (Lipinski definition) is 3. The average molecular weight is 298 g/mol. The summed E-state index contributed by atoms with van der Waals surface area (Å²) in [6.07, 6.45) is 0.697. The number of carboxylic acid groups (broad SMARTS) is 1. The second kappa shape index (κ2) is 8.22. The van der Waals surface area contributed by atoms with Crippen molar-refractivity contribution in [2.75, 3.05) is 13.2 Å². The summed E-state index contributed by atoms with van der Waals surface area (Å²) < 4.78 is 4.93. The maximum atomic E-state index is 11.9.